The van der Waals surface area contributed by atoms with E-state index in [-0.39, 0.29) is 15.5 Å². The maximum Gasteiger partial charge on any atom is 0.264 e. The van der Waals surface area contributed by atoms with Gasteiger partial charge in [-0.3, -0.25) is 13.8 Å². The smallest absolute Gasteiger partial charge is 0.264 e. The fourth-order valence-electron chi connectivity index (χ4n) is 4.10. The van der Waals surface area contributed by atoms with E-state index in [1.54, 1.807) is 30.3 Å². The zero-order valence-corrected chi connectivity index (χ0v) is 25.6. The van der Waals surface area contributed by atoms with Crippen LogP contribution in [-0.4, -0.2) is 35.9 Å². The van der Waals surface area contributed by atoms with E-state index in [9.17, 15) is 21.6 Å². The Morgan fingerprint density at radius 3 is 2.05 bits per heavy atom. The lowest BCUT2D eigenvalue weighted by atomic mass is 10.1. The number of rotatable bonds is 11. The topological polar surface area (TPSA) is 122 Å². The van der Waals surface area contributed by atoms with Crippen LogP contribution in [0.3, 0.4) is 0 Å². The maximum atomic E-state index is 13.6. The van der Waals surface area contributed by atoms with E-state index in [1.807, 2.05) is 32.9 Å². The van der Waals surface area contributed by atoms with Crippen LogP contribution in [-0.2, 0) is 24.8 Å². The highest BCUT2D eigenvalue weighted by Gasteiger charge is 2.27. The summed E-state index contributed by atoms with van der Waals surface area (Å²) in [6.45, 7) is 5.46. The zero-order valence-electron chi connectivity index (χ0n) is 23.2. The Balaban J connectivity index is 1.53. The Kier molecular flexibility index (Phi) is 9.45. The molecule has 0 saturated heterocycles. The first kappa shape index (κ1) is 30.9. The molecule has 4 rings (SSSR count). The minimum absolute atomic E-state index is 0.00167. The highest BCUT2D eigenvalue weighted by Crippen LogP contribution is 2.27. The van der Waals surface area contributed by atoms with Gasteiger partial charge in [-0.2, -0.15) is 0 Å². The fourth-order valence-corrected chi connectivity index (χ4v) is 6.78. The second-order valence-electron chi connectivity index (χ2n) is 9.39. The normalized spacial score (nSPS) is 11.5. The van der Waals surface area contributed by atoms with Gasteiger partial charge in [0.05, 0.1) is 27.8 Å². The number of carbonyl (C=O) groups is 1. The van der Waals surface area contributed by atoms with Crippen LogP contribution >= 0.6 is 11.6 Å². The van der Waals surface area contributed by atoms with Crippen LogP contribution in [0.15, 0.2) is 101 Å². The average Bonchev–Trinajstić information content (AvgIpc) is 2.94. The van der Waals surface area contributed by atoms with Crippen molar-refractivity contribution in [2.45, 2.75) is 30.6 Å². The number of nitrogens with zero attached hydrogens (tertiary/aromatic N) is 1. The predicted octanol–water partition coefficient (Wildman–Crippen LogP) is 5.99. The monoisotopic (exact) mass is 627 g/mol. The van der Waals surface area contributed by atoms with E-state index >= 15 is 0 Å². The van der Waals surface area contributed by atoms with E-state index in [4.69, 9.17) is 16.3 Å². The number of nitrogens with one attached hydrogen (secondary N) is 2. The number of hydrogen-bond acceptors (Lipinski definition) is 6. The minimum Gasteiger partial charge on any atom is -0.494 e. The van der Waals surface area contributed by atoms with Crippen molar-refractivity contribution in [1.82, 2.24) is 0 Å². The Morgan fingerprint density at radius 2 is 1.45 bits per heavy atom. The maximum absolute atomic E-state index is 13.6. The van der Waals surface area contributed by atoms with Gasteiger partial charge >= 0.3 is 0 Å². The van der Waals surface area contributed by atoms with Crippen molar-refractivity contribution < 1.29 is 26.4 Å². The van der Waals surface area contributed by atoms with E-state index in [0.29, 0.717) is 28.8 Å². The van der Waals surface area contributed by atoms with Crippen LogP contribution < -0.4 is 19.1 Å². The second-order valence-corrected chi connectivity index (χ2v) is 13.4. The standard InChI is InChI=1S/C30H30ClN3O6S2/c1-4-40-26-12-10-25(11-13-26)34(42(38,39)28-14-6-23(31)7-15-28)20-30(35)32-24-8-16-27(17-9-24)41(36,37)33-29-18-5-21(2)19-22(29)3/h5-19,33H,4,20H2,1-3H3,(H,32,35). The predicted molar refractivity (Wildman–Crippen MR) is 165 cm³/mol. The molecule has 0 fully saturated rings. The van der Waals surface area contributed by atoms with Crippen molar-refractivity contribution in [3.05, 3.63) is 107 Å². The van der Waals surface area contributed by atoms with Gasteiger partial charge < -0.3 is 10.1 Å². The quantitative estimate of drug-likeness (QED) is 0.211. The summed E-state index contributed by atoms with van der Waals surface area (Å²) in [6, 6.07) is 22.9. The molecule has 4 aromatic rings. The summed E-state index contributed by atoms with van der Waals surface area (Å²) in [5.41, 5.74) is 2.81. The number of ether oxygens (including phenoxy) is 1. The number of anilines is 3. The highest BCUT2D eigenvalue weighted by atomic mass is 35.5. The Morgan fingerprint density at radius 1 is 0.833 bits per heavy atom. The molecule has 4 aromatic carbocycles. The van der Waals surface area contributed by atoms with Gasteiger partial charge in [0.2, 0.25) is 5.91 Å². The fraction of sp³-hybridized carbons (Fsp3) is 0.167. The summed E-state index contributed by atoms with van der Waals surface area (Å²) in [4.78, 5) is 13.1. The molecule has 0 aliphatic heterocycles. The molecule has 0 aliphatic rings. The van der Waals surface area contributed by atoms with E-state index in [2.05, 4.69) is 10.0 Å². The Hall–Kier alpha value is -4.06. The molecule has 0 heterocycles. The zero-order chi connectivity index (χ0) is 30.5. The lowest BCUT2D eigenvalue weighted by Gasteiger charge is -2.24. The number of aryl methyl sites for hydroxylation is 2. The van der Waals surface area contributed by atoms with E-state index in [0.717, 1.165) is 15.4 Å². The highest BCUT2D eigenvalue weighted by molar-refractivity contribution is 7.93. The minimum atomic E-state index is -4.16. The number of halogens is 1. The third-order valence-corrected chi connectivity index (χ3v) is 9.62. The molecule has 0 aromatic heterocycles. The van der Waals surface area contributed by atoms with Gasteiger partial charge in [-0.15, -0.1) is 0 Å². The first-order valence-electron chi connectivity index (χ1n) is 12.9. The van der Waals surface area contributed by atoms with Crippen LogP contribution in [0, 0.1) is 13.8 Å². The summed E-state index contributed by atoms with van der Waals surface area (Å²) in [5.74, 6) is -0.0814. The van der Waals surface area contributed by atoms with Crippen molar-refractivity contribution >= 4 is 54.6 Å². The first-order valence-corrected chi connectivity index (χ1v) is 16.2. The molecule has 0 radical (unpaired) electrons. The van der Waals surface area contributed by atoms with Crippen molar-refractivity contribution in [3.8, 4) is 5.75 Å². The van der Waals surface area contributed by atoms with Gasteiger partial charge in [-0.25, -0.2) is 16.8 Å². The molecule has 12 heteroatoms. The molecule has 0 bridgehead atoms. The first-order chi connectivity index (χ1) is 19.9. The van der Waals surface area contributed by atoms with Crippen LogP contribution in [0.4, 0.5) is 17.1 Å². The molecule has 0 aliphatic carbocycles. The average molecular weight is 628 g/mol. The third-order valence-electron chi connectivity index (χ3n) is 6.20. The van der Waals surface area contributed by atoms with Gasteiger partial charge in [0.1, 0.15) is 12.3 Å². The summed E-state index contributed by atoms with van der Waals surface area (Å²) >= 11 is 5.94. The van der Waals surface area contributed by atoms with Crippen LogP contribution in [0.5, 0.6) is 5.75 Å². The molecule has 42 heavy (non-hydrogen) atoms. The third kappa shape index (κ3) is 7.41. The van der Waals surface area contributed by atoms with Crippen LogP contribution in [0.2, 0.25) is 5.02 Å². The summed E-state index contributed by atoms with van der Waals surface area (Å²) in [7, 11) is -8.04. The largest absolute Gasteiger partial charge is 0.494 e. The number of hydrogen-bond donors (Lipinski definition) is 2. The second kappa shape index (κ2) is 12.8. The molecule has 9 nitrogen and oxygen atoms in total. The van der Waals surface area contributed by atoms with Gasteiger partial charge in [-0.1, -0.05) is 29.3 Å². The summed E-state index contributed by atoms with van der Waals surface area (Å²) < 4.78 is 62.0. The number of carbonyl (C=O) groups excluding carboxylic acids is 1. The summed E-state index contributed by atoms with van der Waals surface area (Å²) in [6.07, 6.45) is 0. The van der Waals surface area contributed by atoms with Gasteiger partial charge in [0.15, 0.2) is 0 Å². The molecular formula is C30H30ClN3O6S2. The number of sulfonamides is 2. The van der Waals surface area contributed by atoms with Crippen LogP contribution in [0.1, 0.15) is 18.1 Å². The SMILES string of the molecule is CCOc1ccc(N(CC(=O)Nc2ccc(S(=O)(=O)Nc3ccc(C)cc3C)cc2)S(=O)(=O)c2ccc(Cl)cc2)cc1. The summed E-state index contributed by atoms with van der Waals surface area (Å²) in [5, 5.41) is 3.01. The lowest BCUT2D eigenvalue weighted by molar-refractivity contribution is -0.114. The molecule has 2 N–H and O–H groups in total. The molecule has 0 atom stereocenters. The molecule has 220 valence electrons. The number of benzene rings is 4. The lowest BCUT2D eigenvalue weighted by Crippen LogP contribution is -2.38. The van der Waals surface area contributed by atoms with Gasteiger partial charge in [-0.05, 0) is 105 Å². The Labute approximate surface area is 251 Å². The van der Waals surface area contributed by atoms with E-state index in [1.165, 1.54) is 48.5 Å². The van der Waals surface area contributed by atoms with Gasteiger partial charge in [0.25, 0.3) is 20.0 Å². The van der Waals surface area contributed by atoms with Gasteiger partial charge in [0, 0.05) is 10.7 Å². The molecular weight excluding hydrogens is 598 g/mol. The molecule has 0 unspecified atom stereocenters. The van der Waals surface area contributed by atoms with Crippen molar-refractivity contribution in [2.24, 2.45) is 0 Å². The van der Waals surface area contributed by atoms with Crippen molar-refractivity contribution in [2.75, 3.05) is 27.5 Å². The van der Waals surface area contributed by atoms with Crippen molar-refractivity contribution in [3.63, 3.8) is 0 Å². The van der Waals surface area contributed by atoms with E-state index < -0.39 is 32.5 Å². The van der Waals surface area contributed by atoms with Crippen LogP contribution in [0.25, 0.3) is 0 Å². The Bertz CT molecular complexity index is 1780. The molecule has 1 amide bonds. The molecule has 0 spiro atoms. The molecule has 0 saturated carbocycles. The number of amides is 1. The van der Waals surface area contributed by atoms with Crippen molar-refractivity contribution in [1.29, 1.82) is 0 Å².